The zero-order valence-electron chi connectivity index (χ0n) is 12.7. The maximum Gasteiger partial charge on any atom is 0.287 e. The molecule has 1 aliphatic heterocycles. The largest absolute Gasteiger partial charge is 0.356 e. The molecule has 2 rings (SSSR count). The average molecular weight is 328 g/mol. The first-order chi connectivity index (χ1) is 10.3. The standard InChI is InChI=1S/C13H20N4O4S/c1-3-16(22(2,20)21)11-6-8-15(9-7-11)13-5-4-12(10-14-13)17(18)19/h4-5,10-11H,3,6-9H2,1-2H3. The number of pyridine rings is 1. The summed E-state index contributed by atoms with van der Waals surface area (Å²) >= 11 is 0. The van der Waals surface area contributed by atoms with Crippen LogP contribution in [0.4, 0.5) is 11.5 Å². The van der Waals surface area contributed by atoms with Crippen molar-refractivity contribution < 1.29 is 13.3 Å². The van der Waals surface area contributed by atoms with Crippen LogP contribution in [-0.2, 0) is 10.0 Å². The Morgan fingerprint density at radius 2 is 2.05 bits per heavy atom. The monoisotopic (exact) mass is 328 g/mol. The Labute approximate surface area is 129 Å². The molecule has 0 aliphatic carbocycles. The smallest absolute Gasteiger partial charge is 0.287 e. The average Bonchev–Trinajstić information content (AvgIpc) is 2.47. The van der Waals surface area contributed by atoms with Gasteiger partial charge in [0.1, 0.15) is 12.0 Å². The van der Waals surface area contributed by atoms with Crippen LogP contribution in [0.1, 0.15) is 19.8 Å². The van der Waals surface area contributed by atoms with Crippen molar-refractivity contribution in [3.05, 3.63) is 28.4 Å². The van der Waals surface area contributed by atoms with Gasteiger partial charge < -0.3 is 4.90 Å². The second-order valence-electron chi connectivity index (χ2n) is 5.32. The quantitative estimate of drug-likeness (QED) is 0.596. The minimum Gasteiger partial charge on any atom is -0.356 e. The predicted octanol–water partition coefficient (Wildman–Crippen LogP) is 1.24. The molecular weight excluding hydrogens is 308 g/mol. The Kier molecular flexibility index (Phi) is 4.97. The third-order valence-electron chi connectivity index (χ3n) is 3.88. The zero-order chi connectivity index (χ0) is 16.3. The van der Waals surface area contributed by atoms with E-state index >= 15 is 0 Å². The number of hydrogen-bond donors (Lipinski definition) is 0. The normalized spacial score (nSPS) is 17.0. The van der Waals surface area contributed by atoms with Crippen molar-refractivity contribution in [1.82, 2.24) is 9.29 Å². The van der Waals surface area contributed by atoms with Gasteiger partial charge in [0.15, 0.2) is 0 Å². The van der Waals surface area contributed by atoms with Gasteiger partial charge in [-0.15, -0.1) is 0 Å². The van der Waals surface area contributed by atoms with E-state index in [0.29, 0.717) is 25.5 Å². The van der Waals surface area contributed by atoms with Gasteiger partial charge in [0.05, 0.1) is 11.2 Å². The lowest BCUT2D eigenvalue weighted by molar-refractivity contribution is -0.385. The Morgan fingerprint density at radius 3 is 2.45 bits per heavy atom. The second-order valence-corrected chi connectivity index (χ2v) is 7.25. The number of hydrogen-bond acceptors (Lipinski definition) is 6. The lowest BCUT2D eigenvalue weighted by Crippen LogP contribution is -2.47. The lowest BCUT2D eigenvalue weighted by Gasteiger charge is -2.37. The summed E-state index contributed by atoms with van der Waals surface area (Å²) in [4.78, 5) is 16.3. The summed E-state index contributed by atoms with van der Waals surface area (Å²) in [5, 5.41) is 10.6. The maximum atomic E-state index is 11.8. The van der Waals surface area contributed by atoms with Crippen LogP contribution in [0.3, 0.4) is 0 Å². The third-order valence-corrected chi connectivity index (χ3v) is 5.28. The summed E-state index contributed by atoms with van der Waals surface area (Å²) in [5.74, 6) is 0.687. The SMILES string of the molecule is CCN(C1CCN(c2ccc([N+](=O)[O-])cn2)CC1)S(C)(=O)=O. The Bertz CT molecular complexity index is 624. The first-order valence-corrected chi connectivity index (χ1v) is 9.00. The minimum atomic E-state index is -3.19. The Hall–Kier alpha value is -1.74. The molecule has 2 heterocycles. The first kappa shape index (κ1) is 16.6. The van der Waals surface area contributed by atoms with E-state index in [9.17, 15) is 18.5 Å². The minimum absolute atomic E-state index is 0.00861. The fourth-order valence-electron chi connectivity index (χ4n) is 2.82. The fraction of sp³-hybridized carbons (Fsp3) is 0.615. The molecule has 0 radical (unpaired) electrons. The summed E-state index contributed by atoms with van der Waals surface area (Å²) in [6.07, 6.45) is 3.93. The molecule has 0 unspecified atom stereocenters. The van der Waals surface area contributed by atoms with Gasteiger partial charge in [-0.3, -0.25) is 10.1 Å². The molecule has 0 saturated carbocycles. The van der Waals surface area contributed by atoms with Gasteiger partial charge in [0.25, 0.3) is 5.69 Å². The van der Waals surface area contributed by atoms with Crippen LogP contribution in [0.15, 0.2) is 18.3 Å². The molecule has 1 saturated heterocycles. The summed E-state index contributed by atoms with van der Waals surface area (Å²) < 4.78 is 25.0. The van der Waals surface area contributed by atoms with E-state index in [2.05, 4.69) is 4.98 Å². The van der Waals surface area contributed by atoms with Crippen molar-refractivity contribution in [3.63, 3.8) is 0 Å². The van der Waals surface area contributed by atoms with Crippen LogP contribution in [0.2, 0.25) is 0 Å². The number of piperidine rings is 1. The summed E-state index contributed by atoms with van der Waals surface area (Å²) in [5.41, 5.74) is -0.0344. The van der Waals surface area contributed by atoms with Crippen LogP contribution < -0.4 is 4.90 Å². The van der Waals surface area contributed by atoms with Crippen molar-refractivity contribution in [3.8, 4) is 0 Å². The molecule has 0 bridgehead atoms. The number of nitro groups is 1. The maximum absolute atomic E-state index is 11.8. The highest BCUT2D eigenvalue weighted by Gasteiger charge is 2.29. The Morgan fingerprint density at radius 1 is 1.41 bits per heavy atom. The van der Waals surface area contributed by atoms with Gasteiger partial charge in [-0.1, -0.05) is 6.92 Å². The van der Waals surface area contributed by atoms with E-state index in [0.717, 1.165) is 12.8 Å². The molecule has 1 aliphatic rings. The molecule has 122 valence electrons. The fourth-order valence-corrected chi connectivity index (χ4v) is 4.04. The van der Waals surface area contributed by atoms with Gasteiger partial charge in [-0.05, 0) is 18.9 Å². The Balaban J connectivity index is 2.01. The summed E-state index contributed by atoms with van der Waals surface area (Å²) in [6.45, 7) is 3.67. The van der Waals surface area contributed by atoms with Crippen LogP contribution >= 0.6 is 0 Å². The first-order valence-electron chi connectivity index (χ1n) is 7.15. The van der Waals surface area contributed by atoms with E-state index in [1.165, 1.54) is 22.8 Å². The van der Waals surface area contributed by atoms with Crippen molar-refractivity contribution in [2.24, 2.45) is 0 Å². The number of anilines is 1. The second kappa shape index (κ2) is 6.57. The molecule has 9 heteroatoms. The number of aromatic nitrogens is 1. The van der Waals surface area contributed by atoms with Crippen LogP contribution in [0, 0.1) is 10.1 Å². The van der Waals surface area contributed by atoms with Gasteiger partial charge >= 0.3 is 0 Å². The molecule has 0 aromatic carbocycles. The summed E-state index contributed by atoms with van der Waals surface area (Å²) in [6, 6.07) is 3.07. The molecule has 1 fully saturated rings. The van der Waals surface area contributed by atoms with Crippen LogP contribution in [0.5, 0.6) is 0 Å². The van der Waals surface area contributed by atoms with E-state index < -0.39 is 14.9 Å². The van der Waals surface area contributed by atoms with E-state index in [1.807, 2.05) is 11.8 Å². The molecule has 0 spiro atoms. The van der Waals surface area contributed by atoms with Gasteiger partial charge in [-0.2, -0.15) is 4.31 Å². The molecular formula is C13H20N4O4S. The lowest BCUT2D eigenvalue weighted by atomic mass is 10.1. The molecule has 0 amide bonds. The van der Waals surface area contributed by atoms with E-state index in [4.69, 9.17) is 0 Å². The molecule has 22 heavy (non-hydrogen) atoms. The van der Waals surface area contributed by atoms with Crippen molar-refractivity contribution in [1.29, 1.82) is 0 Å². The highest BCUT2D eigenvalue weighted by atomic mass is 32.2. The molecule has 1 aromatic rings. The molecule has 0 atom stereocenters. The van der Waals surface area contributed by atoms with E-state index in [1.54, 1.807) is 6.07 Å². The predicted molar refractivity (Wildman–Crippen MR) is 83.4 cm³/mol. The van der Waals surface area contributed by atoms with E-state index in [-0.39, 0.29) is 11.7 Å². The highest BCUT2D eigenvalue weighted by molar-refractivity contribution is 7.88. The summed E-state index contributed by atoms with van der Waals surface area (Å²) in [7, 11) is -3.19. The van der Waals surface area contributed by atoms with Crippen molar-refractivity contribution >= 4 is 21.5 Å². The van der Waals surface area contributed by atoms with Gasteiger partial charge in [0.2, 0.25) is 10.0 Å². The number of sulfonamides is 1. The number of nitrogens with zero attached hydrogens (tertiary/aromatic N) is 4. The van der Waals surface area contributed by atoms with Crippen molar-refractivity contribution in [2.45, 2.75) is 25.8 Å². The molecule has 0 N–H and O–H groups in total. The zero-order valence-corrected chi connectivity index (χ0v) is 13.5. The van der Waals surface area contributed by atoms with Crippen LogP contribution in [-0.4, -0.2) is 54.6 Å². The number of rotatable bonds is 5. The van der Waals surface area contributed by atoms with Gasteiger partial charge in [0, 0.05) is 31.7 Å². The highest BCUT2D eigenvalue weighted by Crippen LogP contribution is 2.23. The molecule has 8 nitrogen and oxygen atoms in total. The van der Waals surface area contributed by atoms with Crippen molar-refractivity contribution in [2.75, 3.05) is 30.8 Å². The van der Waals surface area contributed by atoms with Crippen LogP contribution in [0.25, 0.3) is 0 Å². The topological polar surface area (TPSA) is 96.7 Å². The van der Waals surface area contributed by atoms with Gasteiger partial charge in [-0.25, -0.2) is 13.4 Å². The third kappa shape index (κ3) is 3.72. The molecule has 1 aromatic heterocycles.